The van der Waals surface area contributed by atoms with Gasteiger partial charge in [-0.25, -0.2) is 0 Å². The Morgan fingerprint density at radius 3 is 1.92 bits per heavy atom. The molecule has 0 aromatic carbocycles. The van der Waals surface area contributed by atoms with Crippen LogP contribution in [0.3, 0.4) is 0 Å². The third-order valence-electron chi connectivity index (χ3n) is 2.58. The van der Waals surface area contributed by atoms with Gasteiger partial charge in [-0.3, -0.25) is 0 Å². The molecule has 1 aliphatic heterocycles. The van der Waals surface area contributed by atoms with Crippen molar-refractivity contribution in [1.82, 2.24) is 0 Å². The van der Waals surface area contributed by atoms with Gasteiger partial charge in [-0.05, 0) is 0 Å². The van der Waals surface area contributed by atoms with E-state index in [1.54, 1.807) is 0 Å². The number of hydrogen-bond donors (Lipinski definition) is 1. The minimum absolute atomic E-state index is 0.0559. The van der Waals surface area contributed by atoms with E-state index in [4.69, 9.17) is 0 Å². The molecule has 4 heteroatoms. The Morgan fingerprint density at radius 1 is 1.23 bits per heavy atom. The molecule has 1 N–H and O–H groups in total. The predicted molar refractivity (Wildman–Crippen MR) is 59.7 cm³/mol. The van der Waals surface area contributed by atoms with E-state index in [0.29, 0.717) is 0 Å². The van der Waals surface area contributed by atoms with Crippen molar-refractivity contribution < 1.29 is 4.89 Å². The van der Waals surface area contributed by atoms with Crippen molar-refractivity contribution in [3.05, 3.63) is 0 Å². The molecule has 1 heterocycles. The molecule has 3 radical (unpaired) electrons. The van der Waals surface area contributed by atoms with Gasteiger partial charge in [0.05, 0.1) is 0 Å². The molecule has 0 saturated carbocycles. The van der Waals surface area contributed by atoms with E-state index < -0.39 is 8.15 Å². The van der Waals surface area contributed by atoms with Crippen molar-refractivity contribution in [2.75, 3.05) is 0 Å². The fraction of sp³-hybridized carbons (Fsp3) is 0.889. The molecule has 0 atom stereocenters. The van der Waals surface area contributed by atoms with Gasteiger partial charge in [0.1, 0.15) is 0 Å². The fourth-order valence-corrected chi connectivity index (χ4v) is 5.03. The zero-order valence-corrected chi connectivity index (χ0v) is 13.5. The maximum atomic E-state index is 10.2. The first-order chi connectivity index (χ1) is 5.79. The third kappa shape index (κ3) is 2.51. The zero-order valence-electron chi connectivity index (χ0n) is 8.76. The van der Waals surface area contributed by atoms with E-state index in [2.05, 4.69) is 30.5 Å². The molecule has 1 aliphatic rings. The average molecular weight is 393 g/mol. The van der Waals surface area contributed by atoms with Crippen LogP contribution in [0.4, 0.5) is 0 Å². The Hall–Kier alpha value is 0.982. The van der Waals surface area contributed by atoms with Gasteiger partial charge in [-0.1, -0.05) is 0 Å². The molecule has 1 fully saturated rings. The van der Waals surface area contributed by atoms with Crippen molar-refractivity contribution >= 4 is 39.9 Å². The summed E-state index contributed by atoms with van der Waals surface area (Å²) in [6.45, 7) is 8.64. The second-order valence-corrected chi connectivity index (χ2v) is 8.88. The first-order valence-corrected chi connectivity index (χ1v) is 7.54. The molecule has 2 nitrogen and oxygen atoms in total. The van der Waals surface area contributed by atoms with Crippen LogP contribution < -0.4 is 0 Å². The summed E-state index contributed by atoms with van der Waals surface area (Å²) >= 11 is 0.895. The summed E-state index contributed by atoms with van der Waals surface area (Å²) in [7, 11) is -0.876. The van der Waals surface area contributed by atoms with Crippen LogP contribution in [-0.4, -0.2) is 47.0 Å². The molecular formula is C9H17NOPPb. The topological polar surface area (TPSA) is 32.6 Å². The molecule has 13 heavy (non-hydrogen) atoms. The summed E-state index contributed by atoms with van der Waals surface area (Å²) in [4.78, 5) is 10.2. The van der Waals surface area contributed by atoms with E-state index in [9.17, 15) is 4.89 Å². The Bertz CT molecular complexity index is 218. The second-order valence-electron chi connectivity index (χ2n) is 4.97. The molecule has 0 aliphatic carbocycles. The molecule has 0 aromatic rings. The van der Waals surface area contributed by atoms with Crippen LogP contribution in [0, 0.1) is 0 Å². The van der Waals surface area contributed by atoms with Gasteiger partial charge < -0.3 is 0 Å². The summed E-state index contributed by atoms with van der Waals surface area (Å²) in [5.41, 5.74) is 1.31. The first kappa shape index (κ1) is 12.1. The Labute approximate surface area is 98.2 Å². The molecule has 0 spiro atoms. The monoisotopic (exact) mass is 394 g/mol. The van der Waals surface area contributed by atoms with Gasteiger partial charge >= 0.3 is 98.5 Å². The van der Waals surface area contributed by atoms with Gasteiger partial charge in [-0.2, -0.15) is 0 Å². The second kappa shape index (κ2) is 3.86. The van der Waals surface area contributed by atoms with E-state index in [1.165, 1.54) is 5.71 Å². The zero-order chi connectivity index (χ0) is 10.3. The van der Waals surface area contributed by atoms with Crippen LogP contribution in [0.2, 0.25) is 0 Å². The van der Waals surface area contributed by atoms with Gasteiger partial charge in [0.2, 0.25) is 0 Å². The van der Waals surface area contributed by atoms with Crippen molar-refractivity contribution in [3.8, 4) is 0 Å². The van der Waals surface area contributed by atoms with Crippen molar-refractivity contribution in [2.24, 2.45) is 2.80 Å². The summed E-state index contributed by atoms with van der Waals surface area (Å²) in [5, 5.41) is 0.112. The molecule has 0 unspecified atom stereocenters. The SMILES string of the molecule is CC1(C)CC(=[N][Pb])CC(C)(C)P1O. The first-order valence-electron chi connectivity index (χ1n) is 4.51. The summed E-state index contributed by atoms with van der Waals surface area (Å²) in [5.74, 6) is 0. The molecule has 0 aromatic heterocycles. The Morgan fingerprint density at radius 2 is 1.62 bits per heavy atom. The third-order valence-corrected chi connectivity index (χ3v) is 6.42. The van der Waals surface area contributed by atoms with E-state index in [-0.39, 0.29) is 10.3 Å². The van der Waals surface area contributed by atoms with Gasteiger partial charge in [0.15, 0.2) is 0 Å². The van der Waals surface area contributed by atoms with Gasteiger partial charge in [0.25, 0.3) is 0 Å². The van der Waals surface area contributed by atoms with Crippen molar-refractivity contribution in [3.63, 3.8) is 0 Å². The molecular weight excluding hydrogens is 376 g/mol. The average Bonchev–Trinajstić information content (AvgIpc) is 1.99. The molecule has 73 valence electrons. The summed E-state index contributed by atoms with van der Waals surface area (Å²) < 4.78 is 4.43. The Balaban J connectivity index is 2.95. The van der Waals surface area contributed by atoms with Gasteiger partial charge in [0, 0.05) is 0 Å². The van der Waals surface area contributed by atoms with E-state index in [0.717, 1.165) is 38.9 Å². The van der Waals surface area contributed by atoms with Crippen LogP contribution in [0.15, 0.2) is 2.80 Å². The van der Waals surface area contributed by atoms with Crippen molar-refractivity contribution in [2.45, 2.75) is 50.8 Å². The molecule has 1 saturated heterocycles. The van der Waals surface area contributed by atoms with Crippen molar-refractivity contribution in [1.29, 1.82) is 0 Å². The van der Waals surface area contributed by atoms with E-state index >= 15 is 0 Å². The normalized spacial score (nSPS) is 31.5. The standard InChI is InChI=1S/C9H17NOP.Pb/c1-8(2)5-7(10)6-9(3,4)12(8)11;/h11H,5-6H2,1-4H3;/q-1;+1. The summed E-state index contributed by atoms with van der Waals surface area (Å²) in [6.07, 6.45) is 1.98. The number of rotatable bonds is 0. The predicted octanol–water partition coefficient (Wildman–Crippen LogP) is 2.25. The molecule has 1 rings (SSSR count). The fourth-order valence-electron chi connectivity index (χ4n) is 2.11. The molecule has 0 amide bonds. The number of hydrogen-bond acceptors (Lipinski definition) is 2. The van der Waals surface area contributed by atoms with Gasteiger partial charge in [-0.15, -0.1) is 0 Å². The number of nitrogens with zero attached hydrogens (tertiary/aromatic N) is 1. The summed E-state index contributed by atoms with van der Waals surface area (Å²) in [6, 6.07) is 0. The van der Waals surface area contributed by atoms with E-state index in [1.807, 2.05) is 0 Å². The van der Waals surface area contributed by atoms with Crippen LogP contribution >= 0.6 is 8.15 Å². The van der Waals surface area contributed by atoms with Crippen LogP contribution in [0.5, 0.6) is 0 Å². The van der Waals surface area contributed by atoms with Crippen LogP contribution in [-0.2, 0) is 0 Å². The molecule has 0 bridgehead atoms. The maximum absolute atomic E-state index is 10.2. The van der Waals surface area contributed by atoms with Crippen LogP contribution in [0.25, 0.3) is 0 Å². The Kier molecular flexibility index (Phi) is 3.58. The van der Waals surface area contributed by atoms with Crippen LogP contribution in [0.1, 0.15) is 40.5 Å². The quantitative estimate of drug-likeness (QED) is 0.497. The minimum atomic E-state index is -0.876.